The largest absolute Gasteiger partial charge is 0.393 e. The van der Waals surface area contributed by atoms with Gasteiger partial charge in [-0.3, -0.25) is 9.69 Å². The molecule has 1 aromatic heterocycles. The summed E-state index contributed by atoms with van der Waals surface area (Å²) in [7, 11) is 0. The second-order valence-electron chi connectivity index (χ2n) is 6.42. The third-order valence-corrected chi connectivity index (χ3v) is 5.12. The van der Waals surface area contributed by atoms with Crippen LogP contribution in [0, 0.1) is 11.8 Å². The summed E-state index contributed by atoms with van der Waals surface area (Å²) in [4.78, 5) is 14.9. The summed E-state index contributed by atoms with van der Waals surface area (Å²) >= 11 is 1.57. The fourth-order valence-corrected chi connectivity index (χ4v) is 3.87. The SMILES string of the molecule is CC(C)[C@H](NC(=O)CN1CCC[C@H](C(F)(F)F)C1)c1cccs1. The van der Waals surface area contributed by atoms with E-state index in [4.69, 9.17) is 0 Å². The minimum atomic E-state index is -4.17. The second kappa shape index (κ2) is 7.66. The smallest absolute Gasteiger partial charge is 0.347 e. The average Bonchev–Trinajstić information content (AvgIpc) is 2.97. The molecule has 1 aromatic rings. The molecule has 0 aliphatic carbocycles. The van der Waals surface area contributed by atoms with Gasteiger partial charge in [-0.15, -0.1) is 11.3 Å². The fourth-order valence-electron chi connectivity index (χ4n) is 2.92. The zero-order valence-corrected chi connectivity index (χ0v) is 14.2. The number of hydrogen-bond donors (Lipinski definition) is 1. The van der Waals surface area contributed by atoms with Crippen molar-refractivity contribution >= 4 is 17.2 Å². The van der Waals surface area contributed by atoms with Gasteiger partial charge in [0.1, 0.15) is 0 Å². The molecule has 1 amide bonds. The quantitative estimate of drug-likeness (QED) is 0.877. The molecule has 1 aliphatic rings. The molecular formula is C16H23F3N2OS. The van der Waals surface area contributed by atoms with Crippen LogP contribution >= 0.6 is 11.3 Å². The molecule has 3 nitrogen and oxygen atoms in total. The lowest BCUT2D eigenvalue weighted by Crippen LogP contribution is -2.46. The van der Waals surface area contributed by atoms with E-state index in [0.29, 0.717) is 13.0 Å². The Morgan fingerprint density at radius 1 is 1.48 bits per heavy atom. The minimum absolute atomic E-state index is 0.0289. The van der Waals surface area contributed by atoms with Crippen LogP contribution in [0.4, 0.5) is 13.2 Å². The molecule has 7 heteroatoms. The van der Waals surface area contributed by atoms with Crippen LogP contribution in [-0.2, 0) is 4.79 Å². The maximum atomic E-state index is 12.8. The number of carbonyl (C=O) groups is 1. The fraction of sp³-hybridized carbons (Fsp3) is 0.688. The summed E-state index contributed by atoms with van der Waals surface area (Å²) in [6, 6.07) is 3.81. The number of alkyl halides is 3. The van der Waals surface area contributed by atoms with Gasteiger partial charge < -0.3 is 5.32 Å². The molecule has 23 heavy (non-hydrogen) atoms. The molecule has 1 N–H and O–H groups in total. The summed E-state index contributed by atoms with van der Waals surface area (Å²) in [6.07, 6.45) is -3.53. The maximum Gasteiger partial charge on any atom is 0.393 e. The normalized spacial score (nSPS) is 21.4. The summed E-state index contributed by atoms with van der Waals surface area (Å²) in [5, 5.41) is 4.92. The molecule has 0 aromatic carbocycles. The lowest BCUT2D eigenvalue weighted by Gasteiger charge is -2.33. The number of piperidine rings is 1. The maximum absolute atomic E-state index is 12.8. The molecule has 1 fully saturated rings. The number of carbonyl (C=O) groups excluding carboxylic acids is 1. The molecule has 0 bridgehead atoms. The van der Waals surface area contributed by atoms with Crippen LogP contribution in [0.5, 0.6) is 0 Å². The standard InChI is InChI=1S/C16H23F3N2OS/c1-11(2)15(13-6-4-8-23-13)20-14(22)10-21-7-3-5-12(9-21)16(17,18)19/h4,6,8,11-12,15H,3,5,7,9-10H2,1-2H3,(H,20,22)/t12-,15-/m0/s1. The highest BCUT2D eigenvalue weighted by atomic mass is 32.1. The zero-order chi connectivity index (χ0) is 17.0. The molecule has 1 aliphatic heterocycles. The van der Waals surface area contributed by atoms with Crippen LogP contribution in [0.1, 0.15) is 37.6 Å². The molecular weight excluding hydrogens is 325 g/mol. The zero-order valence-electron chi connectivity index (χ0n) is 13.4. The summed E-state index contributed by atoms with van der Waals surface area (Å²) in [5.41, 5.74) is 0. The summed E-state index contributed by atoms with van der Waals surface area (Å²) in [5.74, 6) is -1.30. The molecule has 2 heterocycles. The monoisotopic (exact) mass is 348 g/mol. The van der Waals surface area contributed by atoms with E-state index in [1.54, 1.807) is 16.2 Å². The first kappa shape index (κ1) is 18.3. The Morgan fingerprint density at radius 2 is 2.22 bits per heavy atom. The van der Waals surface area contributed by atoms with Crippen molar-refractivity contribution in [1.82, 2.24) is 10.2 Å². The van der Waals surface area contributed by atoms with Gasteiger partial charge in [0.15, 0.2) is 0 Å². The Balaban J connectivity index is 1.91. The lowest BCUT2D eigenvalue weighted by molar-refractivity contribution is -0.187. The van der Waals surface area contributed by atoms with E-state index in [1.165, 1.54) is 0 Å². The van der Waals surface area contributed by atoms with E-state index in [0.717, 1.165) is 4.88 Å². The summed E-state index contributed by atoms with van der Waals surface area (Å²) < 4.78 is 38.5. The number of thiophene rings is 1. The second-order valence-corrected chi connectivity index (χ2v) is 7.40. The van der Waals surface area contributed by atoms with Crippen LogP contribution in [0.3, 0.4) is 0 Å². The van der Waals surface area contributed by atoms with Crippen molar-refractivity contribution in [2.24, 2.45) is 11.8 Å². The van der Waals surface area contributed by atoms with Crippen molar-refractivity contribution in [3.63, 3.8) is 0 Å². The minimum Gasteiger partial charge on any atom is -0.347 e. The Morgan fingerprint density at radius 3 is 2.78 bits per heavy atom. The third-order valence-electron chi connectivity index (χ3n) is 4.17. The number of hydrogen-bond acceptors (Lipinski definition) is 3. The predicted molar refractivity (Wildman–Crippen MR) is 85.3 cm³/mol. The Labute approximate surface area is 138 Å². The van der Waals surface area contributed by atoms with Crippen molar-refractivity contribution < 1.29 is 18.0 Å². The molecule has 0 spiro atoms. The van der Waals surface area contributed by atoms with Crippen molar-refractivity contribution in [1.29, 1.82) is 0 Å². The van der Waals surface area contributed by atoms with Crippen LogP contribution in [-0.4, -0.2) is 36.6 Å². The van der Waals surface area contributed by atoms with Crippen LogP contribution in [0.25, 0.3) is 0 Å². The average molecular weight is 348 g/mol. The molecule has 0 radical (unpaired) electrons. The van der Waals surface area contributed by atoms with Gasteiger partial charge in [-0.2, -0.15) is 13.2 Å². The first-order valence-corrected chi connectivity index (χ1v) is 8.77. The number of nitrogens with one attached hydrogen (secondary N) is 1. The number of rotatable bonds is 5. The topological polar surface area (TPSA) is 32.3 Å². The van der Waals surface area contributed by atoms with Crippen molar-refractivity contribution in [3.8, 4) is 0 Å². The van der Waals surface area contributed by atoms with E-state index in [2.05, 4.69) is 5.32 Å². The van der Waals surface area contributed by atoms with Gasteiger partial charge in [0.05, 0.1) is 18.5 Å². The molecule has 2 rings (SSSR count). The van der Waals surface area contributed by atoms with Gasteiger partial charge in [0.2, 0.25) is 5.91 Å². The van der Waals surface area contributed by atoms with E-state index in [9.17, 15) is 18.0 Å². The van der Waals surface area contributed by atoms with Crippen LogP contribution < -0.4 is 5.32 Å². The lowest BCUT2D eigenvalue weighted by atomic mass is 9.97. The van der Waals surface area contributed by atoms with Gasteiger partial charge in [-0.25, -0.2) is 0 Å². The van der Waals surface area contributed by atoms with E-state index < -0.39 is 12.1 Å². The molecule has 1 saturated heterocycles. The third kappa shape index (κ3) is 5.21. The predicted octanol–water partition coefficient (Wildman–Crippen LogP) is 3.84. The van der Waals surface area contributed by atoms with Crippen molar-refractivity contribution in [2.45, 2.75) is 38.9 Å². The van der Waals surface area contributed by atoms with Gasteiger partial charge in [0, 0.05) is 11.4 Å². The highest BCUT2D eigenvalue weighted by Crippen LogP contribution is 2.33. The Kier molecular flexibility index (Phi) is 6.08. The van der Waals surface area contributed by atoms with Gasteiger partial charge in [-0.1, -0.05) is 19.9 Å². The number of nitrogens with zero attached hydrogens (tertiary/aromatic N) is 1. The first-order valence-electron chi connectivity index (χ1n) is 7.89. The van der Waals surface area contributed by atoms with E-state index >= 15 is 0 Å². The first-order chi connectivity index (χ1) is 10.8. The highest BCUT2D eigenvalue weighted by Gasteiger charge is 2.42. The van der Waals surface area contributed by atoms with Crippen LogP contribution in [0.2, 0.25) is 0 Å². The van der Waals surface area contributed by atoms with Gasteiger partial charge in [0.25, 0.3) is 0 Å². The Bertz CT molecular complexity index is 502. The Hall–Kier alpha value is -1.08. The molecule has 0 unspecified atom stereocenters. The summed E-state index contributed by atoms with van der Waals surface area (Å²) in [6.45, 7) is 4.53. The van der Waals surface area contributed by atoms with Crippen molar-refractivity contribution in [2.75, 3.05) is 19.6 Å². The molecule has 2 atom stereocenters. The van der Waals surface area contributed by atoms with Gasteiger partial charge in [-0.05, 0) is 36.8 Å². The molecule has 0 saturated carbocycles. The van der Waals surface area contributed by atoms with Gasteiger partial charge >= 0.3 is 6.18 Å². The van der Waals surface area contributed by atoms with Crippen LogP contribution in [0.15, 0.2) is 17.5 Å². The number of amides is 1. The number of likely N-dealkylation sites (tertiary alicyclic amines) is 1. The van der Waals surface area contributed by atoms with E-state index in [1.807, 2.05) is 31.4 Å². The number of halogens is 3. The van der Waals surface area contributed by atoms with Crippen molar-refractivity contribution in [3.05, 3.63) is 22.4 Å². The van der Waals surface area contributed by atoms with E-state index in [-0.39, 0.29) is 37.4 Å². The molecule has 130 valence electrons. The highest BCUT2D eigenvalue weighted by molar-refractivity contribution is 7.10.